The van der Waals surface area contributed by atoms with E-state index in [1.165, 1.54) is 12.1 Å². The SMILES string of the molecule is O=Cc1ccccc1N1CCN(c2ccc([N+](=O)[O-])cc2F)CC1. The lowest BCUT2D eigenvalue weighted by Crippen LogP contribution is -2.47. The number of benzene rings is 2. The molecule has 0 unspecified atom stereocenters. The molecule has 124 valence electrons. The maximum absolute atomic E-state index is 14.1. The van der Waals surface area contributed by atoms with Gasteiger partial charge in [0.1, 0.15) is 0 Å². The number of nitro groups is 1. The van der Waals surface area contributed by atoms with Crippen molar-refractivity contribution in [3.8, 4) is 0 Å². The molecule has 0 aliphatic carbocycles. The van der Waals surface area contributed by atoms with E-state index in [-0.39, 0.29) is 5.69 Å². The first kappa shape index (κ1) is 15.9. The molecule has 0 aromatic heterocycles. The first-order valence-corrected chi connectivity index (χ1v) is 7.58. The number of para-hydroxylation sites is 1. The summed E-state index contributed by atoms with van der Waals surface area (Å²) in [6.07, 6.45) is 0.831. The summed E-state index contributed by atoms with van der Waals surface area (Å²) in [5.74, 6) is -0.592. The Labute approximate surface area is 138 Å². The van der Waals surface area contributed by atoms with Gasteiger partial charge in [0.15, 0.2) is 12.1 Å². The van der Waals surface area contributed by atoms with Gasteiger partial charge in [0, 0.05) is 43.5 Å². The summed E-state index contributed by atoms with van der Waals surface area (Å²) < 4.78 is 14.1. The topological polar surface area (TPSA) is 66.7 Å². The molecule has 24 heavy (non-hydrogen) atoms. The quantitative estimate of drug-likeness (QED) is 0.490. The number of hydrogen-bond donors (Lipinski definition) is 0. The number of carbonyl (C=O) groups is 1. The number of piperazine rings is 1. The Morgan fingerprint density at radius 3 is 2.21 bits per heavy atom. The van der Waals surface area contributed by atoms with Gasteiger partial charge in [-0.25, -0.2) is 4.39 Å². The van der Waals surface area contributed by atoms with E-state index in [4.69, 9.17) is 0 Å². The van der Waals surface area contributed by atoms with E-state index in [1.54, 1.807) is 6.07 Å². The fraction of sp³-hybridized carbons (Fsp3) is 0.235. The average molecular weight is 329 g/mol. The molecule has 0 atom stereocenters. The van der Waals surface area contributed by atoms with E-state index in [9.17, 15) is 19.3 Å². The minimum Gasteiger partial charge on any atom is -0.367 e. The van der Waals surface area contributed by atoms with Crippen LogP contribution in [0, 0.1) is 15.9 Å². The maximum atomic E-state index is 14.1. The number of non-ortho nitro benzene ring substituents is 1. The maximum Gasteiger partial charge on any atom is 0.272 e. The van der Waals surface area contributed by atoms with Crippen molar-refractivity contribution in [3.05, 3.63) is 64.0 Å². The summed E-state index contributed by atoms with van der Waals surface area (Å²) in [5.41, 5.74) is 1.61. The fourth-order valence-electron chi connectivity index (χ4n) is 2.93. The van der Waals surface area contributed by atoms with Crippen molar-refractivity contribution in [3.63, 3.8) is 0 Å². The van der Waals surface area contributed by atoms with E-state index in [2.05, 4.69) is 4.90 Å². The second-order valence-corrected chi connectivity index (χ2v) is 5.54. The third-order valence-corrected chi connectivity index (χ3v) is 4.17. The zero-order valence-electron chi connectivity index (χ0n) is 12.9. The van der Waals surface area contributed by atoms with Crippen LogP contribution in [0.25, 0.3) is 0 Å². The van der Waals surface area contributed by atoms with Crippen molar-refractivity contribution in [2.24, 2.45) is 0 Å². The molecule has 1 fully saturated rings. The molecule has 0 radical (unpaired) electrons. The van der Waals surface area contributed by atoms with E-state index in [0.29, 0.717) is 37.4 Å². The van der Waals surface area contributed by atoms with Crippen molar-refractivity contribution in [1.82, 2.24) is 0 Å². The lowest BCUT2D eigenvalue weighted by molar-refractivity contribution is -0.385. The summed E-state index contributed by atoms with van der Waals surface area (Å²) >= 11 is 0. The summed E-state index contributed by atoms with van der Waals surface area (Å²) in [6.45, 7) is 2.42. The van der Waals surface area contributed by atoms with Crippen LogP contribution in [0.5, 0.6) is 0 Å². The van der Waals surface area contributed by atoms with Crippen LogP contribution in [0.4, 0.5) is 21.5 Å². The first-order chi connectivity index (χ1) is 11.6. The van der Waals surface area contributed by atoms with Gasteiger partial charge in [-0.1, -0.05) is 12.1 Å². The van der Waals surface area contributed by atoms with Gasteiger partial charge in [-0.3, -0.25) is 14.9 Å². The van der Waals surface area contributed by atoms with E-state index in [1.807, 2.05) is 23.1 Å². The highest BCUT2D eigenvalue weighted by molar-refractivity contribution is 5.84. The highest BCUT2D eigenvalue weighted by atomic mass is 19.1. The predicted molar refractivity (Wildman–Crippen MR) is 89.3 cm³/mol. The van der Waals surface area contributed by atoms with E-state index < -0.39 is 10.7 Å². The minimum atomic E-state index is -0.610. The monoisotopic (exact) mass is 329 g/mol. The molecular weight excluding hydrogens is 313 g/mol. The lowest BCUT2D eigenvalue weighted by atomic mass is 10.1. The minimum absolute atomic E-state index is 0.255. The molecular formula is C17H16FN3O3. The second-order valence-electron chi connectivity index (χ2n) is 5.54. The number of carbonyl (C=O) groups excluding carboxylic acids is 1. The highest BCUT2D eigenvalue weighted by Crippen LogP contribution is 2.27. The molecule has 2 aromatic carbocycles. The molecule has 1 aliphatic heterocycles. The summed E-state index contributed by atoms with van der Waals surface area (Å²) in [5, 5.41) is 10.7. The standard InChI is InChI=1S/C17H16FN3O3/c18-15-11-14(21(23)24)5-6-17(15)20-9-7-19(8-10-20)16-4-2-1-3-13(16)12-22/h1-6,11-12H,7-10H2. The highest BCUT2D eigenvalue weighted by Gasteiger charge is 2.22. The number of hydrogen-bond acceptors (Lipinski definition) is 5. The van der Waals surface area contributed by atoms with Crippen LogP contribution >= 0.6 is 0 Å². The smallest absolute Gasteiger partial charge is 0.272 e. The molecule has 7 heteroatoms. The van der Waals surface area contributed by atoms with Gasteiger partial charge in [0.05, 0.1) is 16.7 Å². The third-order valence-electron chi connectivity index (χ3n) is 4.17. The van der Waals surface area contributed by atoms with Gasteiger partial charge >= 0.3 is 0 Å². The van der Waals surface area contributed by atoms with Crippen LogP contribution < -0.4 is 9.80 Å². The van der Waals surface area contributed by atoms with Crippen molar-refractivity contribution >= 4 is 23.3 Å². The van der Waals surface area contributed by atoms with Gasteiger partial charge in [-0.05, 0) is 18.2 Å². The molecule has 0 N–H and O–H groups in total. The van der Waals surface area contributed by atoms with E-state index in [0.717, 1.165) is 18.0 Å². The number of halogens is 1. The molecule has 3 rings (SSSR count). The Balaban J connectivity index is 1.73. The third kappa shape index (κ3) is 3.05. The number of aldehydes is 1. The Hall–Kier alpha value is -2.96. The molecule has 1 aliphatic rings. The zero-order valence-corrected chi connectivity index (χ0v) is 12.9. The van der Waals surface area contributed by atoms with Crippen molar-refractivity contribution < 1.29 is 14.1 Å². The molecule has 0 amide bonds. The van der Waals surface area contributed by atoms with Crippen molar-refractivity contribution in [2.45, 2.75) is 0 Å². The second kappa shape index (κ2) is 6.66. The lowest BCUT2D eigenvalue weighted by Gasteiger charge is -2.37. The molecule has 1 heterocycles. The van der Waals surface area contributed by atoms with Crippen LogP contribution in [0.1, 0.15) is 10.4 Å². The largest absolute Gasteiger partial charge is 0.367 e. The normalized spacial score (nSPS) is 14.5. The first-order valence-electron chi connectivity index (χ1n) is 7.58. The van der Waals surface area contributed by atoms with Crippen LogP contribution in [-0.2, 0) is 0 Å². The van der Waals surface area contributed by atoms with Crippen molar-refractivity contribution in [2.75, 3.05) is 36.0 Å². The van der Waals surface area contributed by atoms with Crippen LogP contribution in [0.15, 0.2) is 42.5 Å². The molecule has 1 saturated heterocycles. The van der Waals surface area contributed by atoms with Gasteiger partial charge in [0.2, 0.25) is 0 Å². The fourth-order valence-corrected chi connectivity index (χ4v) is 2.93. The van der Waals surface area contributed by atoms with Crippen LogP contribution in [0.3, 0.4) is 0 Å². The molecule has 6 nitrogen and oxygen atoms in total. The van der Waals surface area contributed by atoms with Gasteiger partial charge in [-0.2, -0.15) is 0 Å². The van der Waals surface area contributed by atoms with Gasteiger partial charge in [-0.15, -0.1) is 0 Å². The van der Waals surface area contributed by atoms with E-state index >= 15 is 0 Å². The zero-order chi connectivity index (χ0) is 17.1. The Kier molecular flexibility index (Phi) is 4.41. The average Bonchev–Trinajstić information content (AvgIpc) is 2.61. The summed E-state index contributed by atoms with van der Waals surface area (Å²) in [7, 11) is 0. The molecule has 0 bridgehead atoms. The Morgan fingerprint density at radius 1 is 1.00 bits per heavy atom. The van der Waals surface area contributed by atoms with Gasteiger partial charge in [0.25, 0.3) is 5.69 Å². The molecule has 0 saturated carbocycles. The van der Waals surface area contributed by atoms with Crippen LogP contribution in [-0.4, -0.2) is 37.4 Å². The number of nitrogens with zero attached hydrogens (tertiary/aromatic N) is 3. The predicted octanol–water partition coefficient (Wildman–Crippen LogP) is 2.87. The molecule has 0 spiro atoms. The number of rotatable bonds is 4. The Morgan fingerprint density at radius 2 is 1.62 bits per heavy atom. The summed E-state index contributed by atoms with van der Waals surface area (Å²) in [6, 6.07) is 11.1. The molecule has 2 aromatic rings. The van der Waals surface area contributed by atoms with Gasteiger partial charge < -0.3 is 9.80 Å². The van der Waals surface area contributed by atoms with Crippen LogP contribution in [0.2, 0.25) is 0 Å². The Bertz CT molecular complexity index is 773. The number of nitro benzene ring substituents is 1. The summed E-state index contributed by atoms with van der Waals surface area (Å²) in [4.78, 5) is 25.2. The number of anilines is 2. The van der Waals surface area contributed by atoms with Crippen molar-refractivity contribution in [1.29, 1.82) is 0 Å².